The van der Waals surface area contributed by atoms with E-state index in [1.807, 2.05) is 17.5 Å². The van der Waals surface area contributed by atoms with Crippen LogP contribution in [0.1, 0.15) is 10.5 Å². The van der Waals surface area contributed by atoms with Gasteiger partial charge in [0.2, 0.25) is 0 Å². The molecule has 2 amide bonds. The van der Waals surface area contributed by atoms with Gasteiger partial charge in [-0.15, -0.1) is 22.7 Å². The minimum absolute atomic E-state index is 0.0379. The highest BCUT2D eigenvalue weighted by molar-refractivity contribution is 7.20. The summed E-state index contributed by atoms with van der Waals surface area (Å²) in [6.45, 7) is -0.432. The van der Waals surface area contributed by atoms with Crippen LogP contribution in [0.25, 0.3) is 9.88 Å². The lowest BCUT2D eigenvalue weighted by Crippen LogP contribution is -2.44. The lowest BCUT2D eigenvalue weighted by atomic mass is 10.3. The van der Waals surface area contributed by atoms with Crippen molar-refractivity contribution in [3.8, 4) is 15.6 Å². The molecule has 0 atom stereocenters. The van der Waals surface area contributed by atoms with Crippen molar-refractivity contribution < 1.29 is 18.7 Å². The third-order valence-corrected chi connectivity index (χ3v) is 4.86. The predicted molar refractivity (Wildman–Crippen MR) is 92.9 cm³/mol. The summed E-state index contributed by atoms with van der Waals surface area (Å²) in [5, 5.41) is 4.26. The van der Waals surface area contributed by atoms with Gasteiger partial charge in [0, 0.05) is 5.38 Å². The molecular formula is C16H12FN3O3S2. The van der Waals surface area contributed by atoms with Crippen LogP contribution in [0, 0.1) is 5.82 Å². The maximum absolute atomic E-state index is 13.4. The van der Waals surface area contributed by atoms with Crippen molar-refractivity contribution in [2.24, 2.45) is 0 Å². The van der Waals surface area contributed by atoms with Crippen molar-refractivity contribution >= 4 is 34.5 Å². The second-order valence-corrected chi connectivity index (χ2v) is 6.54. The lowest BCUT2D eigenvalue weighted by Gasteiger charge is -2.08. The zero-order valence-electron chi connectivity index (χ0n) is 12.7. The molecule has 3 aromatic rings. The third-order valence-electron chi connectivity index (χ3n) is 2.98. The summed E-state index contributed by atoms with van der Waals surface area (Å²) in [5.74, 6) is -1.77. The molecular weight excluding hydrogens is 365 g/mol. The Hall–Kier alpha value is -2.78. The molecule has 0 fully saturated rings. The van der Waals surface area contributed by atoms with Crippen LogP contribution in [0.3, 0.4) is 0 Å². The number of carbonyl (C=O) groups is 2. The average molecular weight is 377 g/mol. The van der Waals surface area contributed by atoms with Crippen molar-refractivity contribution in [1.29, 1.82) is 0 Å². The van der Waals surface area contributed by atoms with Crippen molar-refractivity contribution in [3.05, 3.63) is 58.7 Å². The smallest absolute Gasteiger partial charge is 0.289 e. The minimum Gasteiger partial charge on any atom is -0.481 e. The Labute approximate surface area is 150 Å². The standard InChI is InChI=1S/C16H12FN3O3S2/c17-10-4-1-2-5-12(10)23-8-14(21)19-20-15(22)11-9-25-16(18-11)13-6-3-7-24-13/h1-7,9H,8H2,(H,19,21)(H,20,22). The summed E-state index contributed by atoms with van der Waals surface area (Å²) < 4.78 is 18.4. The highest BCUT2D eigenvalue weighted by Crippen LogP contribution is 2.27. The van der Waals surface area contributed by atoms with E-state index in [-0.39, 0.29) is 11.4 Å². The molecule has 2 aromatic heterocycles. The predicted octanol–water partition coefficient (Wildman–Crippen LogP) is 2.85. The number of carbonyl (C=O) groups excluding carboxylic acids is 2. The zero-order valence-corrected chi connectivity index (χ0v) is 14.3. The summed E-state index contributed by atoms with van der Waals surface area (Å²) in [6.07, 6.45) is 0. The zero-order chi connectivity index (χ0) is 17.6. The largest absolute Gasteiger partial charge is 0.481 e. The number of ether oxygens (including phenoxy) is 1. The molecule has 128 valence electrons. The number of benzene rings is 1. The number of para-hydroxylation sites is 1. The van der Waals surface area contributed by atoms with E-state index in [9.17, 15) is 14.0 Å². The van der Waals surface area contributed by atoms with Crippen LogP contribution in [0.4, 0.5) is 4.39 Å². The number of aromatic nitrogens is 1. The van der Waals surface area contributed by atoms with Crippen LogP contribution in [-0.4, -0.2) is 23.4 Å². The molecule has 0 saturated carbocycles. The average Bonchev–Trinajstić information content (AvgIpc) is 3.30. The highest BCUT2D eigenvalue weighted by atomic mass is 32.1. The first-order valence-electron chi connectivity index (χ1n) is 7.09. The first-order valence-corrected chi connectivity index (χ1v) is 8.85. The number of thiophene rings is 1. The topological polar surface area (TPSA) is 80.3 Å². The van der Waals surface area contributed by atoms with E-state index < -0.39 is 24.2 Å². The molecule has 25 heavy (non-hydrogen) atoms. The number of amides is 2. The number of nitrogens with zero attached hydrogens (tertiary/aromatic N) is 1. The van der Waals surface area contributed by atoms with Gasteiger partial charge in [0.15, 0.2) is 18.2 Å². The summed E-state index contributed by atoms with van der Waals surface area (Å²) in [6, 6.07) is 9.54. The van der Waals surface area contributed by atoms with Crippen molar-refractivity contribution in [1.82, 2.24) is 15.8 Å². The van der Waals surface area contributed by atoms with Crippen LogP contribution in [0.2, 0.25) is 0 Å². The fourth-order valence-corrected chi connectivity index (χ4v) is 3.44. The van der Waals surface area contributed by atoms with Gasteiger partial charge < -0.3 is 4.74 Å². The number of thiazole rings is 1. The summed E-state index contributed by atoms with van der Waals surface area (Å²) >= 11 is 2.86. The van der Waals surface area contributed by atoms with E-state index in [0.29, 0.717) is 0 Å². The normalized spacial score (nSPS) is 10.3. The fraction of sp³-hybridized carbons (Fsp3) is 0.0625. The van der Waals surface area contributed by atoms with Gasteiger partial charge in [-0.25, -0.2) is 9.37 Å². The van der Waals surface area contributed by atoms with Crippen LogP contribution < -0.4 is 15.6 Å². The molecule has 1 aromatic carbocycles. The van der Waals surface area contributed by atoms with E-state index in [0.717, 1.165) is 9.88 Å². The number of halogens is 1. The van der Waals surface area contributed by atoms with Crippen LogP contribution in [0.15, 0.2) is 47.2 Å². The fourth-order valence-electron chi connectivity index (χ4n) is 1.82. The summed E-state index contributed by atoms with van der Waals surface area (Å²) in [7, 11) is 0. The monoisotopic (exact) mass is 377 g/mol. The lowest BCUT2D eigenvalue weighted by molar-refractivity contribution is -0.123. The minimum atomic E-state index is -0.620. The molecule has 0 aliphatic rings. The van der Waals surface area contributed by atoms with E-state index >= 15 is 0 Å². The van der Waals surface area contributed by atoms with Gasteiger partial charge in [-0.1, -0.05) is 18.2 Å². The summed E-state index contributed by atoms with van der Waals surface area (Å²) in [5.41, 5.74) is 4.64. The first-order chi connectivity index (χ1) is 12.1. The first kappa shape index (κ1) is 17.1. The van der Waals surface area contributed by atoms with E-state index in [1.165, 1.54) is 40.9 Å². The van der Waals surface area contributed by atoms with Gasteiger partial charge in [-0.2, -0.15) is 0 Å². The number of hydrogen-bond acceptors (Lipinski definition) is 6. The maximum atomic E-state index is 13.4. The Bertz CT molecular complexity index is 880. The third kappa shape index (κ3) is 4.40. The highest BCUT2D eigenvalue weighted by Gasteiger charge is 2.13. The van der Waals surface area contributed by atoms with Crippen LogP contribution >= 0.6 is 22.7 Å². The van der Waals surface area contributed by atoms with Gasteiger partial charge in [0.25, 0.3) is 11.8 Å². The van der Waals surface area contributed by atoms with Crippen LogP contribution in [0.5, 0.6) is 5.75 Å². The number of hydrazine groups is 1. The second kappa shape index (κ2) is 7.86. The second-order valence-electron chi connectivity index (χ2n) is 4.74. The molecule has 6 nitrogen and oxygen atoms in total. The van der Waals surface area contributed by atoms with Gasteiger partial charge in [-0.05, 0) is 23.6 Å². The van der Waals surface area contributed by atoms with Crippen LogP contribution in [-0.2, 0) is 4.79 Å². The Kier molecular flexibility index (Phi) is 5.36. The van der Waals surface area contributed by atoms with E-state index in [4.69, 9.17) is 4.74 Å². The SMILES string of the molecule is O=C(COc1ccccc1F)NNC(=O)c1csc(-c2cccs2)n1. The summed E-state index contributed by atoms with van der Waals surface area (Å²) in [4.78, 5) is 28.8. The van der Waals surface area contributed by atoms with E-state index in [2.05, 4.69) is 15.8 Å². The van der Waals surface area contributed by atoms with Crippen molar-refractivity contribution in [2.75, 3.05) is 6.61 Å². The van der Waals surface area contributed by atoms with Crippen molar-refractivity contribution in [2.45, 2.75) is 0 Å². The molecule has 0 unspecified atom stereocenters. The maximum Gasteiger partial charge on any atom is 0.289 e. The molecule has 0 saturated heterocycles. The molecule has 2 heterocycles. The molecule has 2 N–H and O–H groups in total. The molecule has 0 aliphatic carbocycles. The number of rotatable bonds is 5. The quantitative estimate of drug-likeness (QED) is 0.670. The Morgan fingerprint density at radius 1 is 1.12 bits per heavy atom. The van der Waals surface area contributed by atoms with Gasteiger partial charge in [0.1, 0.15) is 10.7 Å². The molecule has 0 spiro atoms. The Morgan fingerprint density at radius 3 is 2.72 bits per heavy atom. The molecule has 0 aliphatic heterocycles. The Balaban J connectivity index is 1.49. The Morgan fingerprint density at radius 2 is 1.96 bits per heavy atom. The van der Waals surface area contributed by atoms with Gasteiger partial charge in [0.05, 0.1) is 4.88 Å². The molecule has 9 heteroatoms. The number of hydrogen-bond donors (Lipinski definition) is 2. The van der Waals surface area contributed by atoms with Gasteiger partial charge >= 0.3 is 0 Å². The van der Waals surface area contributed by atoms with Gasteiger partial charge in [-0.3, -0.25) is 20.4 Å². The number of nitrogens with one attached hydrogen (secondary N) is 2. The molecule has 0 bridgehead atoms. The van der Waals surface area contributed by atoms with E-state index in [1.54, 1.807) is 11.4 Å². The molecule has 3 rings (SSSR count). The van der Waals surface area contributed by atoms with Crippen molar-refractivity contribution in [3.63, 3.8) is 0 Å². The molecule has 0 radical (unpaired) electrons.